The molecule has 2 aromatic carbocycles. The largest absolute Gasteiger partial charge is 0.497 e. The van der Waals surface area contributed by atoms with Crippen molar-refractivity contribution in [3.05, 3.63) is 52.5 Å². The molecule has 1 aliphatic rings. The second-order valence-corrected chi connectivity index (χ2v) is 9.36. The molecule has 0 aromatic heterocycles. The van der Waals surface area contributed by atoms with Crippen molar-refractivity contribution in [2.75, 3.05) is 37.4 Å². The van der Waals surface area contributed by atoms with Gasteiger partial charge in [-0.1, -0.05) is 11.6 Å². The van der Waals surface area contributed by atoms with Crippen LogP contribution in [-0.4, -0.2) is 47.4 Å². The summed E-state index contributed by atoms with van der Waals surface area (Å²) in [6.07, 6.45) is 2.01. The van der Waals surface area contributed by atoms with Gasteiger partial charge in [-0.2, -0.15) is 0 Å². The number of anilines is 1. The summed E-state index contributed by atoms with van der Waals surface area (Å²) in [5, 5.41) is 3.05. The minimum absolute atomic E-state index is 0.126. The summed E-state index contributed by atoms with van der Waals surface area (Å²) in [5.74, 6) is 1.23. The van der Waals surface area contributed by atoms with E-state index in [1.54, 1.807) is 26.4 Å². The molecule has 2 aromatic rings. The Bertz CT molecular complexity index is 1030. The van der Waals surface area contributed by atoms with Crippen LogP contribution in [0.5, 0.6) is 11.5 Å². The van der Waals surface area contributed by atoms with Crippen LogP contribution in [0.3, 0.4) is 0 Å². The fourth-order valence-corrected chi connectivity index (χ4v) is 5.30. The molecular weight excluding hydrogens is 428 g/mol. The van der Waals surface area contributed by atoms with Gasteiger partial charge >= 0.3 is 0 Å². The first-order chi connectivity index (χ1) is 14.4. The highest BCUT2D eigenvalue weighted by molar-refractivity contribution is 7.92. The second kappa shape index (κ2) is 9.57. The fourth-order valence-electron chi connectivity index (χ4n) is 3.41. The monoisotopic (exact) mass is 452 g/mol. The van der Waals surface area contributed by atoms with E-state index in [9.17, 15) is 13.2 Å². The third kappa shape index (κ3) is 4.99. The summed E-state index contributed by atoms with van der Waals surface area (Å²) in [5.41, 5.74) is 1.69. The summed E-state index contributed by atoms with van der Waals surface area (Å²) in [4.78, 5) is 12.6. The number of benzene rings is 2. The van der Waals surface area contributed by atoms with Crippen molar-refractivity contribution in [2.24, 2.45) is 0 Å². The lowest BCUT2D eigenvalue weighted by Gasteiger charge is -2.28. The number of nitrogens with one attached hydrogen (secondary N) is 1. The molecule has 3 rings (SSSR count). The average molecular weight is 453 g/mol. The van der Waals surface area contributed by atoms with Crippen LogP contribution in [0.2, 0.25) is 5.02 Å². The topological polar surface area (TPSA) is 84.9 Å². The molecule has 0 radical (unpaired) electrons. The molecule has 0 unspecified atom stereocenters. The quantitative estimate of drug-likeness (QED) is 0.697. The Hall–Kier alpha value is -2.45. The molecule has 30 heavy (non-hydrogen) atoms. The molecule has 0 aliphatic carbocycles. The first-order valence-corrected chi connectivity index (χ1v) is 11.6. The van der Waals surface area contributed by atoms with Crippen molar-refractivity contribution in [3.8, 4) is 11.5 Å². The SMILES string of the molecule is COc1ccc(OC)c(CCNC(=O)c2ccc(N3CCCCS3(=O)=O)cc2Cl)c1. The van der Waals surface area contributed by atoms with Gasteiger partial charge in [0.2, 0.25) is 10.0 Å². The van der Waals surface area contributed by atoms with Gasteiger partial charge in [-0.25, -0.2) is 8.42 Å². The number of carbonyl (C=O) groups excluding carboxylic acids is 1. The Labute approximate surface area is 182 Å². The van der Waals surface area contributed by atoms with E-state index in [4.69, 9.17) is 21.1 Å². The van der Waals surface area contributed by atoms with Gasteiger partial charge in [-0.3, -0.25) is 9.10 Å². The van der Waals surface area contributed by atoms with Crippen molar-refractivity contribution in [1.29, 1.82) is 0 Å². The Morgan fingerprint density at radius 3 is 2.60 bits per heavy atom. The van der Waals surface area contributed by atoms with Crippen LogP contribution in [0.15, 0.2) is 36.4 Å². The van der Waals surface area contributed by atoms with Crippen molar-refractivity contribution >= 4 is 33.2 Å². The lowest BCUT2D eigenvalue weighted by atomic mass is 10.1. The number of carbonyl (C=O) groups is 1. The first kappa shape index (κ1) is 22.2. The molecule has 7 nitrogen and oxygen atoms in total. The molecule has 1 amide bonds. The molecule has 1 N–H and O–H groups in total. The molecule has 1 aliphatic heterocycles. The molecule has 0 bridgehead atoms. The summed E-state index contributed by atoms with van der Waals surface area (Å²) < 4.78 is 36.5. The van der Waals surface area contributed by atoms with Crippen LogP contribution >= 0.6 is 11.6 Å². The van der Waals surface area contributed by atoms with Gasteiger partial charge in [0.1, 0.15) is 11.5 Å². The van der Waals surface area contributed by atoms with E-state index in [-0.39, 0.29) is 16.7 Å². The van der Waals surface area contributed by atoms with Crippen molar-refractivity contribution in [3.63, 3.8) is 0 Å². The van der Waals surface area contributed by atoms with Crippen molar-refractivity contribution in [1.82, 2.24) is 5.32 Å². The van der Waals surface area contributed by atoms with Gasteiger partial charge in [0, 0.05) is 13.1 Å². The zero-order chi connectivity index (χ0) is 21.7. The van der Waals surface area contributed by atoms with E-state index in [2.05, 4.69) is 5.32 Å². The lowest BCUT2D eigenvalue weighted by molar-refractivity contribution is 0.0954. The zero-order valence-electron chi connectivity index (χ0n) is 17.0. The van der Waals surface area contributed by atoms with E-state index in [1.165, 1.54) is 10.4 Å². The molecule has 0 saturated carbocycles. The number of hydrogen-bond donors (Lipinski definition) is 1. The number of ether oxygens (including phenoxy) is 2. The summed E-state index contributed by atoms with van der Waals surface area (Å²) >= 11 is 6.30. The summed E-state index contributed by atoms with van der Waals surface area (Å²) in [7, 11) is -0.149. The van der Waals surface area contributed by atoms with Crippen LogP contribution in [0.4, 0.5) is 5.69 Å². The number of nitrogens with zero attached hydrogens (tertiary/aromatic N) is 1. The molecule has 9 heteroatoms. The molecule has 1 heterocycles. The normalized spacial score (nSPS) is 15.5. The zero-order valence-corrected chi connectivity index (χ0v) is 18.6. The highest BCUT2D eigenvalue weighted by Gasteiger charge is 2.26. The highest BCUT2D eigenvalue weighted by atomic mass is 35.5. The highest BCUT2D eigenvalue weighted by Crippen LogP contribution is 2.28. The Kier molecular flexibility index (Phi) is 7.10. The second-order valence-electron chi connectivity index (χ2n) is 6.94. The van der Waals surface area contributed by atoms with E-state index in [0.717, 1.165) is 17.7 Å². The van der Waals surface area contributed by atoms with Gasteiger partial charge in [0.05, 0.1) is 36.2 Å². The van der Waals surface area contributed by atoms with Crippen molar-refractivity contribution in [2.45, 2.75) is 19.3 Å². The number of sulfonamides is 1. The number of hydrogen-bond acceptors (Lipinski definition) is 5. The molecule has 1 saturated heterocycles. The van der Waals surface area contributed by atoms with Crippen LogP contribution < -0.4 is 19.1 Å². The van der Waals surface area contributed by atoms with Gasteiger partial charge in [-0.15, -0.1) is 0 Å². The Morgan fingerprint density at radius 2 is 1.93 bits per heavy atom. The summed E-state index contributed by atoms with van der Waals surface area (Å²) in [6.45, 7) is 0.799. The third-order valence-corrected chi connectivity index (χ3v) is 7.18. The number of methoxy groups -OCH3 is 2. The predicted octanol–water partition coefficient (Wildman–Crippen LogP) is 3.26. The maximum atomic E-state index is 12.6. The maximum Gasteiger partial charge on any atom is 0.252 e. The maximum absolute atomic E-state index is 12.6. The van der Waals surface area contributed by atoms with Crippen LogP contribution in [0.25, 0.3) is 0 Å². The van der Waals surface area contributed by atoms with E-state index in [0.29, 0.717) is 42.9 Å². The molecule has 162 valence electrons. The lowest BCUT2D eigenvalue weighted by Crippen LogP contribution is -2.37. The van der Waals surface area contributed by atoms with E-state index in [1.807, 2.05) is 18.2 Å². The van der Waals surface area contributed by atoms with Crippen LogP contribution in [-0.2, 0) is 16.4 Å². The Morgan fingerprint density at radius 1 is 1.13 bits per heavy atom. The minimum atomic E-state index is -3.33. The first-order valence-electron chi connectivity index (χ1n) is 9.65. The van der Waals surface area contributed by atoms with Gasteiger partial charge in [-0.05, 0) is 61.2 Å². The average Bonchev–Trinajstić information content (AvgIpc) is 2.73. The van der Waals surface area contributed by atoms with Crippen LogP contribution in [0, 0.1) is 0 Å². The standard InChI is InChI=1S/C21H25ClN2O5S/c1-28-17-6-8-20(29-2)15(13-17)9-10-23-21(25)18-7-5-16(14-19(18)22)24-11-3-4-12-30(24,26)27/h5-8,13-14H,3-4,9-12H2,1-2H3,(H,23,25). The van der Waals surface area contributed by atoms with E-state index >= 15 is 0 Å². The van der Waals surface area contributed by atoms with Gasteiger partial charge in [0.15, 0.2) is 0 Å². The van der Waals surface area contributed by atoms with Crippen LogP contribution in [0.1, 0.15) is 28.8 Å². The summed E-state index contributed by atoms with van der Waals surface area (Å²) in [6, 6.07) is 10.2. The van der Waals surface area contributed by atoms with Gasteiger partial charge in [0.25, 0.3) is 5.91 Å². The predicted molar refractivity (Wildman–Crippen MR) is 117 cm³/mol. The molecule has 1 fully saturated rings. The Balaban J connectivity index is 1.66. The smallest absolute Gasteiger partial charge is 0.252 e. The minimum Gasteiger partial charge on any atom is -0.497 e. The number of halogens is 1. The fraction of sp³-hybridized carbons (Fsp3) is 0.381. The van der Waals surface area contributed by atoms with E-state index < -0.39 is 10.0 Å². The number of amides is 1. The van der Waals surface area contributed by atoms with Gasteiger partial charge < -0.3 is 14.8 Å². The molecule has 0 spiro atoms. The molecular formula is C21H25ClN2O5S. The number of rotatable bonds is 7. The molecule has 0 atom stereocenters. The van der Waals surface area contributed by atoms with Crippen molar-refractivity contribution < 1.29 is 22.7 Å². The third-order valence-electron chi connectivity index (χ3n) is 5.00.